The molecule has 0 radical (unpaired) electrons. The molecule has 1 unspecified atom stereocenters. The number of thiophene rings is 1. The molecule has 1 aromatic rings. The predicted octanol–water partition coefficient (Wildman–Crippen LogP) is 1.23. The zero-order valence-corrected chi connectivity index (χ0v) is 12.6. The summed E-state index contributed by atoms with van der Waals surface area (Å²) in [5.74, 6) is -1.09. The molecular weight excluding hydrogens is 296 g/mol. The Bertz CT molecular complexity index is 424. The van der Waals surface area contributed by atoms with Crippen LogP contribution in [-0.2, 0) is 14.3 Å². The van der Waals surface area contributed by atoms with Crippen LogP contribution in [0.25, 0.3) is 0 Å². The smallest absolute Gasteiger partial charge is 0.331 e. The molecule has 1 rings (SSSR count). The minimum absolute atomic E-state index is 0.412. The van der Waals surface area contributed by atoms with E-state index in [-0.39, 0.29) is 0 Å². The largest absolute Gasteiger partial charge is 0.479 e. The number of urea groups is 1. The number of amides is 2. The number of hydrogen-bond donors (Lipinski definition) is 3. The number of carboxylic acid groups (broad SMARTS) is 1. The first-order valence-corrected chi connectivity index (χ1v) is 7.40. The van der Waals surface area contributed by atoms with Gasteiger partial charge in [-0.25, -0.2) is 9.59 Å². The maximum atomic E-state index is 11.6. The van der Waals surface area contributed by atoms with E-state index in [1.807, 2.05) is 0 Å². The molecule has 3 N–H and O–H groups in total. The van der Waals surface area contributed by atoms with Gasteiger partial charge in [-0.1, -0.05) is 6.07 Å². The van der Waals surface area contributed by atoms with Gasteiger partial charge < -0.3 is 25.2 Å². The molecule has 0 saturated heterocycles. The highest BCUT2D eigenvalue weighted by molar-refractivity contribution is 7.10. The number of hydrogen-bond acceptors (Lipinski definition) is 5. The second-order valence-corrected chi connectivity index (χ2v) is 5.12. The van der Waals surface area contributed by atoms with E-state index < -0.39 is 18.0 Å². The van der Waals surface area contributed by atoms with Crippen molar-refractivity contribution in [2.45, 2.75) is 12.5 Å². The Kier molecular flexibility index (Phi) is 8.41. The van der Waals surface area contributed by atoms with Crippen LogP contribution in [0.5, 0.6) is 0 Å². The van der Waals surface area contributed by atoms with Gasteiger partial charge in [-0.15, -0.1) is 11.3 Å². The first-order chi connectivity index (χ1) is 10.1. The lowest BCUT2D eigenvalue weighted by molar-refractivity contribution is -0.139. The van der Waals surface area contributed by atoms with Crippen molar-refractivity contribution in [1.82, 2.24) is 10.6 Å². The van der Waals surface area contributed by atoms with Crippen molar-refractivity contribution in [3.63, 3.8) is 0 Å². The zero-order chi connectivity index (χ0) is 15.5. The molecule has 0 aliphatic heterocycles. The molecule has 0 saturated carbocycles. The van der Waals surface area contributed by atoms with E-state index in [1.165, 1.54) is 11.3 Å². The maximum absolute atomic E-state index is 11.6. The molecule has 0 aliphatic rings. The molecule has 1 aromatic heterocycles. The SMILES string of the molecule is COCCOCCCNC(=O)NC(C(=O)O)c1cccs1. The summed E-state index contributed by atoms with van der Waals surface area (Å²) in [6.07, 6.45) is 0.647. The zero-order valence-electron chi connectivity index (χ0n) is 11.8. The van der Waals surface area contributed by atoms with Gasteiger partial charge in [-0.2, -0.15) is 0 Å². The van der Waals surface area contributed by atoms with Gasteiger partial charge >= 0.3 is 12.0 Å². The number of nitrogens with one attached hydrogen (secondary N) is 2. The Hall–Kier alpha value is -1.64. The summed E-state index contributed by atoms with van der Waals surface area (Å²) in [5.41, 5.74) is 0. The summed E-state index contributed by atoms with van der Waals surface area (Å²) in [6, 6.07) is 1.89. The van der Waals surface area contributed by atoms with Crippen molar-refractivity contribution in [2.75, 3.05) is 33.5 Å². The van der Waals surface area contributed by atoms with E-state index >= 15 is 0 Å². The van der Waals surface area contributed by atoms with Crippen molar-refractivity contribution in [2.24, 2.45) is 0 Å². The van der Waals surface area contributed by atoms with Crippen LogP contribution in [0.2, 0.25) is 0 Å². The van der Waals surface area contributed by atoms with Gasteiger partial charge in [0.1, 0.15) is 0 Å². The Morgan fingerprint density at radius 3 is 2.81 bits per heavy atom. The standard InChI is InChI=1S/C13H20N2O5S/c1-19-7-8-20-6-3-5-14-13(18)15-11(12(16)17)10-4-2-9-21-10/h2,4,9,11H,3,5-8H2,1H3,(H,16,17)(H2,14,15,18). The van der Waals surface area contributed by atoms with Crippen LogP contribution in [0.4, 0.5) is 4.79 Å². The second kappa shape index (κ2) is 10.1. The Morgan fingerprint density at radius 1 is 1.38 bits per heavy atom. The van der Waals surface area contributed by atoms with E-state index in [1.54, 1.807) is 24.6 Å². The lowest BCUT2D eigenvalue weighted by atomic mass is 10.2. The highest BCUT2D eigenvalue weighted by atomic mass is 32.1. The first-order valence-electron chi connectivity index (χ1n) is 6.52. The third kappa shape index (κ3) is 7.07. The van der Waals surface area contributed by atoms with Crippen molar-refractivity contribution in [3.8, 4) is 0 Å². The van der Waals surface area contributed by atoms with Gasteiger partial charge in [0.2, 0.25) is 0 Å². The summed E-state index contributed by atoms with van der Waals surface area (Å²) in [7, 11) is 1.60. The number of carboxylic acids is 1. The average Bonchev–Trinajstić information content (AvgIpc) is 2.97. The van der Waals surface area contributed by atoms with Gasteiger partial charge in [0.15, 0.2) is 6.04 Å². The molecule has 0 fully saturated rings. The molecular formula is C13H20N2O5S. The monoisotopic (exact) mass is 316 g/mol. The fourth-order valence-electron chi connectivity index (χ4n) is 1.51. The molecule has 2 amide bonds. The second-order valence-electron chi connectivity index (χ2n) is 4.15. The molecule has 0 bridgehead atoms. The van der Waals surface area contributed by atoms with E-state index in [0.717, 1.165) is 0 Å². The minimum Gasteiger partial charge on any atom is -0.479 e. The molecule has 8 heteroatoms. The van der Waals surface area contributed by atoms with Crippen molar-refractivity contribution >= 4 is 23.3 Å². The van der Waals surface area contributed by atoms with Crippen molar-refractivity contribution < 1.29 is 24.2 Å². The third-order valence-electron chi connectivity index (χ3n) is 2.53. The van der Waals surface area contributed by atoms with Crippen LogP contribution < -0.4 is 10.6 Å². The van der Waals surface area contributed by atoms with Gasteiger partial charge in [0.25, 0.3) is 0 Å². The molecule has 0 aliphatic carbocycles. The number of methoxy groups -OCH3 is 1. The minimum atomic E-state index is -1.09. The molecule has 0 spiro atoms. The lowest BCUT2D eigenvalue weighted by Crippen LogP contribution is -2.41. The number of carbonyl (C=O) groups is 2. The summed E-state index contributed by atoms with van der Waals surface area (Å²) >= 11 is 1.29. The van der Waals surface area contributed by atoms with Crippen molar-refractivity contribution in [1.29, 1.82) is 0 Å². The summed E-state index contributed by atoms with van der Waals surface area (Å²) in [4.78, 5) is 23.4. The van der Waals surface area contributed by atoms with Crippen LogP contribution in [0.3, 0.4) is 0 Å². The molecule has 118 valence electrons. The topological polar surface area (TPSA) is 96.9 Å². The van der Waals surface area contributed by atoms with Gasteiger partial charge in [-0.3, -0.25) is 0 Å². The fourth-order valence-corrected chi connectivity index (χ4v) is 2.28. The third-order valence-corrected chi connectivity index (χ3v) is 3.47. The predicted molar refractivity (Wildman–Crippen MR) is 78.5 cm³/mol. The Labute approximate surface area is 127 Å². The first kappa shape index (κ1) is 17.4. The van der Waals surface area contributed by atoms with Crippen LogP contribution >= 0.6 is 11.3 Å². The van der Waals surface area contributed by atoms with Gasteiger partial charge in [-0.05, 0) is 17.9 Å². The summed E-state index contributed by atoms with van der Waals surface area (Å²) in [6.45, 7) is 1.98. The Morgan fingerprint density at radius 2 is 2.19 bits per heavy atom. The number of ether oxygens (including phenoxy) is 2. The Balaban J connectivity index is 2.21. The fraction of sp³-hybridized carbons (Fsp3) is 0.538. The normalized spacial score (nSPS) is 11.9. The number of rotatable bonds is 10. The van der Waals surface area contributed by atoms with Gasteiger partial charge in [0.05, 0.1) is 13.2 Å². The summed E-state index contributed by atoms with van der Waals surface area (Å²) < 4.78 is 10.1. The molecule has 1 heterocycles. The number of aliphatic carboxylic acids is 1. The van der Waals surface area contributed by atoms with E-state index in [4.69, 9.17) is 14.6 Å². The van der Waals surface area contributed by atoms with Crippen LogP contribution in [0.1, 0.15) is 17.3 Å². The maximum Gasteiger partial charge on any atom is 0.331 e. The van der Waals surface area contributed by atoms with Crippen molar-refractivity contribution in [3.05, 3.63) is 22.4 Å². The molecule has 7 nitrogen and oxygen atoms in total. The van der Waals surface area contributed by atoms with E-state index in [0.29, 0.717) is 37.7 Å². The number of carbonyl (C=O) groups excluding carboxylic acids is 1. The quantitative estimate of drug-likeness (QED) is 0.564. The van der Waals surface area contributed by atoms with Crippen LogP contribution in [0.15, 0.2) is 17.5 Å². The highest BCUT2D eigenvalue weighted by Gasteiger charge is 2.22. The molecule has 1 atom stereocenters. The highest BCUT2D eigenvalue weighted by Crippen LogP contribution is 2.18. The van der Waals surface area contributed by atoms with Crippen LogP contribution in [-0.4, -0.2) is 50.6 Å². The molecule has 0 aromatic carbocycles. The van der Waals surface area contributed by atoms with E-state index in [9.17, 15) is 9.59 Å². The van der Waals surface area contributed by atoms with Crippen LogP contribution in [0, 0.1) is 0 Å². The molecule has 21 heavy (non-hydrogen) atoms. The lowest BCUT2D eigenvalue weighted by Gasteiger charge is -2.13. The summed E-state index contributed by atoms with van der Waals surface area (Å²) in [5, 5.41) is 15.9. The average molecular weight is 316 g/mol. The van der Waals surface area contributed by atoms with E-state index in [2.05, 4.69) is 10.6 Å². The van der Waals surface area contributed by atoms with Gasteiger partial charge in [0, 0.05) is 25.1 Å².